The molecule has 4 aliphatic carbocycles. The average molecular weight is 527 g/mol. The van der Waals surface area contributed by atoms with Gasteiger partial charge in [-0.1, -0.05) is 27.2 Å². The third-order valence-corrected chi connectivity index (χ3v) is 12.2. The van der Waals surface area contributed by atoms with E-state index in [0.717, 1.165) is 19.3 Å². The van der Waals surface area contributed by atoms with Crippen molar-refractivity contribution >= 4 is 23.5 Å². The summed E-state index contributed by atoms with van der Waals surface area (Å²) < 4.78 is 50.4. The Morgan fingerprint density at radius 3 is 2.58 bits per heavy atom. The molecule has 6 rings (SSSR count). The first kappa shape index (κ1) is 25.3. The summed E-state index contributed by atoms with van der Waals surface area (Å²) in [6.07, 6.45) is 1.51. The molecule has 0 aromatic rings. The van der Waals surface area contributed by atoms with Gasteiger partial charge in [0, 0.05) is 29.4 Å². The van der Waals surface area contributed by atoms with Gasteiger partial charge in [0.1, 0.15) is 17.1 Å². The van der Waals surface area contributed by atoms with Crippen LogP contribution in [-0.4, -0.2) is 64.0 Å². The van der Waals surface area contributed by atoms with Gasteiger partial charge in [0.2, 0.25) is 11.6 Å². The number of allylic oxidation sites excluding steroid dienone is 1. The molecule has 200 valence electrons. The lowest BCUT2D eigenvalue weighted by molar-refractivity contribution is -0.439. The van der Waals surface area contributed by atoms with E-state index < -0.39 is 52.6 Å². The molecule has 9 heteroatoms. The van der Waals surface area contributed by atoms with Crippen LogP contribution in [0.15, 0.2) is 11.6 Å². The van der Waals surface area contributed by atoms with E-state index in [-0.39, 0.29) is 47.2 Å². The zero-order valence-electron chi connectivity index (χ0n) is 21.1. The number of ketones is 1. The van der Waals surface area contributed by atoms with E-state index in [1.165, 1.54) is 6.08 Å². The third kappa shape index (κ3) is 3.18. The molecule has 1 spiro atoms. The molecular formula is C27H36F2O6S. The number of alkyl halides is 2. The Bertz CT molecular complexity index is 999. The number of aliphatic hydroxyl groups excluding tert-OH is 1. The van der Waals surface area contributed by atoms with Crippen LogP contribution in [0.25, 0.3) is 0 Å². The Balaban J connectivity index is 1.33. The number of halogens is 2. The van der Waals surface area contributed by atoms with Crippen LogP contribution < -0.4 is 0 Å². The normalized spacial score (nSPS) is 53.8. The van der Waals surface area contributed by atoms with E-state index in [9.17, 15) is 14.7 Å². The van der Waals surface area contributed by atoms with Crippen molar-refractivity contribution in [3.63, 3.8) is 0 Å². The van der Waals surface area contributed by atoms with E-state index >= 15 is 8.78 Å². The monoisotopic (exact) mass is 526 g/mol. The number of thioether (sulfide) groups is 1. The van der Waals surface area contributed by atoms with Gasteiger partial charge in [0.25, 0.3) is 0 Å². The van der Waals surface area contributed by atoms with E-state index in [1.54, 1.807) is 18.7 Å². The minimum atomic E-state index is -2.12. The zero-order chi connectivity index (χ0) is 25.7. The van der Waals surface area contributed by atoms with Crippen molar-refractivity contribution in [3.05, 3.63) is 11.6 Å². The van der Waals surface area contributed by atoms with Gasteiger partial charge in [-0.05, 0) is 55.1 Å². The van der Waals surface area contributed by atoms with Crippen LogP contribution in [0, 0.1) is 22.7 Å². The van der Waals surface area contributed by atoms with Gasteiger partial charge in [-0.2, -0.15) is 0 Å². The van der Waals surface area contributed by atoms with Crippen molar-refractivity contribution in [1.82, 2.24) is 0 Å². The Hall–Kier alpha value is -1.03. The van der Waals surface area contributed by atoms with Gasteiger partial charge in [-0.15, -0.1) is 11.8 Å². The van der Waals surface area contributed by atoms with Crippen molar-refractivity contribution in [2.45, 2.75) is 113 Å². The van der Waals surface area contributed by atoms with Crippen LogP contribution in [0.3, 0.4) is 0 Å². The first-order valence-corrected chi connectivity index (χ1v) is 14.4. The minimum Gasteiger partial charge on any atom is -0.465 e. The summed E-state index contributed by atoms with van der Waals surface area (Å²) >= 11 is 1.59. The highest BCUT2D eigenvalue weighted by Gasteiger charge is 2.75. The fourth-order valence-electron chi connectivity index (χ4n) is 8.61. The standard InChI is InChI=1S/C27H36F2O6S/c1-4-5-22-34-26(35-22)13-25(3)16(11-19(26)30)17(28)10-15-14-6-7-21(36-18-8-9-33-23(18)32)24(14,2)12-20(31)27(15,25)29/h11,14-15,17-18,20-22,31H,4-10,12-13H2,1-3H3/t14-,15-,17-,18+,20-,21+,22?,24-,25-,26?,27-/m0/s1. The van der Waals surface area contributed by atoms with E-state index in [2.05, 4.69) is 6.92 Å². The van der Waals surface area contributed by atoms with Crippen LogP contribution >= 0.6 is 11.8 Å². The number of aliphatic hydroxyl groups is 1. The van der Waals surface area contributed by atoms with Gasteiger partial charge >= 0.3 is 5.97 Å². The molecule has 9 atom stereocenters. The Labute approximate surface area is 214 Å². The van der Waals surface area contributed by atoms with E-state index in [1.807, 2.05) is 6.92 Å². The maximum Gasteiger partial charge on any atom is 0.319 e. The summed E-state index contributed by atoms with van der Waals surface area (Å²) in [4.78, 5) is 25.1. The van der Waals surface area contributed by atoms with Gasteiger partial charge < -0.3 is 19.3 Å². The third-order valence-electron chi connectivity index (χ3n) is 10.4. The molecular weight excluding hydrogens is 490 g/mol. The molecule has 0 radical (unpaired) electrons. The lowest BCUT2D eigenvalue weighted by Crippen LogP contribution is -2.73. The molecule has 0 bridgehead atoms. The second-order valence-electron chi connectivity index (χ2n) is 12.2. The topological polar surface area (TPSA) is 82.1 Å². The smallest absolute Gasteiger partial charge is 0.319 e. The van der Waals surface area contributed by atoms with Gasteiger partial charge in [0.15, 0.2) is 6.29 Å². The van der Waals surface area contributed by atoms with Gasteiger partial charge in [-0.25, -0.2) is 8.78 Å². The number of esters is 1. The molecule has 3 saturated carbocycles. The highest BCUT2D eigenvalue weighted by molar-refractivity contribution is 8.01. The molecule has 1 N–H and O–H groups in total. The summed E-state index contributed by atoms with van der Waals surface area (Å²) in [6, 6.07) is 0. The SMILES string of the molecule is CCCC1OC2(C[C@@]3(C)C(=CC2=O)[C@@H](F)C[C@H]2[C@@H]4CC[C@@H](S[C@@H]5CCOC5=O)[C@@]4(C)C[C@H](O)[C@@]23F)O1. The number of carbonyl (C=O) groups is 2. The molecule has 0 aromatic heterocycles. The summed E-state index contributed by atoms with van der Waals surface area (Å²) in [5.41, 5.74) is -3.85. The van der Waals surface area contributed by atoms with Crippen molar-refractivity contribution < 1.29 is 37.7 Å². The Morgan fingerprint density at radius 2 is 1.92 bits per heavy atom. The number of fused-ring (bicyclic) bond motifs is 5. The van der Waals surface area contributed by atoms with E-state index in [4.69, 9.17) is 14.2 Å². The zero-order valence-corrected chi connectivity index (χ0v) is 22.0. The fourth-order valence-corrected chi connectivity index (χ4v) is 10.3. The molecule has 2 saturated heterocycles. The predicted molar refractivity (Wildman–Crippen MR) is 128 cm³/mol. The molecule has 2 heterocycles. The Morgan fingerprint density at radius 1 is 1.17 bits per heavy atom. The summed E-state index contributed by atoms with van der Waals surface area (Å²) in [6.45, 7) is 6.12. The maximum absolute atomic E-state index is 17.6. The van der Waals surface area contributed by atoms with Crippen LogP contribution in [0.2, 0.25) is 0 Å². The van der Waals surface area contributed by atoms with Gasteiger partial charge in [-0.3, -0.25) is 9.59 Å². The van der Waals surface area contributed by atoms with Crippen LogP contribution in [0.5, 0.6) is 0 Å². The minimum absolute atomic E-state index is 0.0570. The number of hydrogen-bond acceptors (Lipinski definition) is 7. The number of rotatable bonds is 4. The highest BCUT2D eigenvalue weighted by atomic mass is 32.2. The first-order valence-electron chi connectivity index (χ1n) is 13.4. The second kappa shape index (κ2) is 8.23. The highest BCUT2D eigenvalue weighted by Crippen LogP contribution is 2.71. The summed E-state index contributed by atoms with van der Waals surface area (Å²) in [5.74, 6) is -3.12. The van der Waals surface area contributed by atoms with Gasteiger partial charge in [0.05, 0.1) is 12.7 Å². The van der Waals surface area contributed by atoms with Crippen molar-refractivity contribution in [1.29, 1.82) is 0 Å². The van der Waals surface area contributed by atoms with Crippen LogP contribution in [0.1, 0.15) is 72.1 Å². The first-order chi connectivity index (χ1) is 17.0. The van der Waals surface area contributed by atoms with Crippen molar-refractivity contribution in [2.24, 2.45) is 22.7 Å². The molecule has 36 heavy (non-hydrogen) atoms. The largest absolute Gasteiger partial charge is 0.465 e. The average Bonchev–Trinajstić information content (AvgIpc) is 3.34. The summed E-state index contributed by atoms with van der Waals surface area (Å²) in [5, 5.41) is 11.4. The van der Waals surface area contributed by atoms with Crippen LogP contribution in [-0.2, 0) is 23.8 Å². The number of cyclic esters (lactones) is 1. The van der Waals surface area contributed by atoms with Crippen molar-refractivity contribution in [3.8, 4) is 0 Å². The molecule has 0 aromatic carbocycles. The Kier molecular flexibility index (Phi) is 5.78. The lowest BCUT2D eigenvalue weighted by atomic mass is 9.44. The molecule has 0 amide bonds. The molecule has 5 fully saturated rings. The number of hydrogen-bond donors (Lipinski definition) is 1. The van der Waals surface area contributed by atoms with E-state index in [0.29, 0.717) is 19.4 Å². The van der Waals surface area contributed by atoms with Crippen LogP contribution in [0.4, 0.5) is 8.78 Å². The lowest BCUT2D eigenvalue weighted by Gasteiger charge is -2.65. The quantitative estimate of drug-likeness (QED) is 0.543. The molecule has 6 nitrogen and oxygen atoms in total. The number of carbonyl (C=O) groups excluding carboxylic acids is 2. The molecule has 2 aliphatic heterocycles. The summed E-state index contributed by atoms with van der Waals surface area (Å²) in [7, 11) is 0. The molecule has 0 unspecified atom stereocenters. The number of ether oxygens (including phenoxy) is 3. The maximum atomic E-state index is 17.6. The van der Waals surface area contributed by atoms with Crippen molar-refractivity contribution in [2.75, 3.05) is 6.61 Å². The fraction of sp³-hybridized carbons (Fsp3) is 0.852. The predicted octanol–water partition coefficient (Wildman–Crippen LogP) is 4.43. The second-order valence-corrected chi connectivity index (χ2v) is 13.6. The molecule has 6 aliphatic rings.